The second kappa shape index (κ2) is 6.13. The van der Waals surface area contributed by atoms with Crippen molar-refractivity contribution in [2.45, 2.75) is 19.4 Å². The smallest absolute Gasteiger partial charge is 0.340 e. The van der Waals surface area contributed by atoms with Gasteiger partial charge in [0.2, 0.25) is 0 Å². The van der Waals surface area contributed by atoms with Crippen LogP contribution in [0.5, 0.6) is 0 Å². The maximum Gasteiger partial charge on any atom is 0.340 e. The van der Waals surface area contributed by atoms with Crippen LogP contribution in [0.15, 0.2) is 18.2 Å². The van der Waals surface area contributed by atoms with Crippen LogP contribution < -0.4 is 11.1 Å². The number of nitrogens with two attached hydrogens (primary N) is 1. The van der Waals surface area contributed by atoms with Crippen molar-refractivity contribution in [2.24, 2.45) is 5.92 Å². The predicted octanol–water partition coefficient (Wildman–Crippen LogP) is 1.81. The van der Waals surface area contributed by atoms with Crippen molar-refractivity contribution in [3.63, 3.8) is 0 Å². The first-order valence-corrected chi connectivity index (χ1v) is 6.94. The molecule has 5 heteroatoms. The fraction of sp³-hybridized carbons (Fsp3) is 0.533. The summed E-state index contributed by atoms with van der Waals surface area (Å²) in [6.45, 7) is 4.34. The number of benzene rings is 1. The predicted molar refractivity (Wildman–Crippen MR) is 80.9 cm³/mol. The Morgan fingerprint density at radius 3 is 2.90 bits per heavy atom. The number of hydrogen-bond donors (Lipinski definition) is 2. The van der Waals surface area contributed by atoms with Gasteiger partial charge in [-0.05, 0) is 44.1 Å². The van der Waals surface area contributed by atoms with E-state index in [0.29, 0.717) is 23.2 Å². The number of piperidine rings is 1. The number of nitrogens with one attached hydrogen (secondary N) is 1. The van der Waals surface area contributed by atoms with E-state index >= 15 is 0 Å². The fourth-order valence-electron chi connectivity index (χ4n) is 2.73. The molecule has 1 aromatic rings. The van der Waals surface area contributed by atoms with Crippen LogP contribution in [0.1, 0.15) is 23.7 Å². The Labute approximate surface area is 120 Å². The van der Waals surface area contributed by atoms with Gasteiger partial charge in [-0.2, -0.15) is 0 Å². The molecule has 1 heterocycles. The van der Waals surface area contributed by atoms with Crippen molar-refractivity contribution in [3.05, 3.63) is 23.8 Å². The Bertz CT molecular complexity index is 490. The van der Waals surface area contributed by atoms with Gasteiger partial charge in [0.1, 0.15) is 0 Å². The molecule has 0 bridgehead atoms. The molecule has 1 fully saturated rings. The van der Waals surface area contributed by atoms with Gasteiger partial charge in [-0.3, -0.25) is 0 Å². The van der Waals surface area contributed by atoms with Crippen LogP contribution in [-0.4, -0.2) is 44.2 Å². The lowest BCUT2D eigenvalue weighted by Crippen LogP contribution is -2.43. The molecule has 0 spiro atoms. The number of nitrogen functional groups attached to an aromatic ring is 1. The summed E-state index contributed by atoms with van der Waals surface area (Å²) in [6.07, 6.45) is 1.06. The second-order valence-electron chi connectivity index (χ2n) is 5.58. The van der Waals surface area contributed by atoms with Gasteiger partial charge in [-0.15, -0.1) is 0 Å². The van der Waals surface area contributed by atoms with Crippen molar-refractivity contribution in [3.8, 4) is 0 Å². The molecule has 1 aliphatic heterocycles. The highest BCUT2D eigenvalue weighted by Crippen LogP contribution is 2.25. The molecule has 3 N–H and O–H groups in total. The van der Waals surface area contributed by atoms with E-state index in [2.05, 4.69) is 24.2 Å². The molecule has 0 aliphatic carbocycles. The minimum absolute atomic E-state index is 0.359. The van der Waals surface area contributed by atoms with Crippen molar-refractivity contribution < 1.29 is 9.53 Å². The summed E-state index contributed by atoms with van der Waals surface area (Å²) in [5.74, 6) is 0.164. The average molecular weight is 277 g/mol. The lowest BCUT2D eigenvalue weighted by atomic mass is 9.93. The Hall–Kier alpha value is -1.75. The van der Waals surface area contributed by atoms with Crippen LogP contribution in [0, 0.1) is 5.92 Å². The zero-order chi connectivity index (χ0) is 14.7. The number of methoxy groups -OCH3 is 1. The summed E-state index contributed by atoms with van der Waals surface area (Å²) in [5, 5.41) is 3.48. The van der Waals surface area contributed by atoms with E-state index < -0.39 is 0 Å². The van der Waals surface area contributed by atoms with Crippen molar-refractivity contribution >= 4 is 17.3 Å². The summed E-state index contributed by atoms with van der Waals surface area (Å²) in [7, 11) is 3.52. The molecule has 2 rings (SSSR count). The van der Waals surface area contributed by atoms with E-state index in [9.17, 15) is 4.79 Å². The highest BCUT2D eigenvalue weighted by Gasteiger charge is 2.25. The number of carbonyl (C=O) groups is 1. The molecule has 0 radical (unpaired) electrons. The fourth-order valence-corrected chi connectivity index (χ4v) is 2.73. The number of carbonyl (C=O) groups excluding carboxylic acids is 1. The monoisotopic (exact) mass is 277 g/mol. The maximum atomic E-state index is 11.8. The molecule has 110 valence electrons. The number of esters is 1. The zero-order valence-corrected chi connectivity index (χ0v) is 12.3. The van der Waals surface area contributed by atoms with Crippen molar-refractivity contribution in [2.75, 3.05) is 38.3 Å². The number of ether oxygens (including phenoxy) is 1. The van der Waals surface area contributed by atoms with Crippen LogP contribution in [-0.2, 0) is 4.74 Å². The second-order valence-corrected chi connectivity index (χ2v) is 5.58. The topological polar surface area (TPSA) is 67.6 Å². The third-order valence-electron chi connectivity index (χ3n) is 3.90. The van der Waals surface area contributed by atoms with Crippen LogP contribution >= 0.6 is 0 Å². The van der Waals surface area contributed by atoms with E-state index in [-0.39, 0.29) is 5.97 Å². The highest BCUT2D eigenvalue weighted by atomic mass is 16.5. The Kier molecular flexibility index (Phi) is 4.49. The molecule has 1 aliphatic rings. The first-order valence-electron chi connectivity index (χ1n) is 6.94. The maximum absolute atomic E-state index is 11.8. The van der Waals surface area contributed by atoms with Gasteiger partial charge in [-0.1, -0.05) is 6.92 Å². The summed E-state index contributed by atoms with van der Waals surface area (Å²) in [4.78, 5) is 14.2. The van der Waals surface area contributed by atoms with E-state index in [1.54, 1.807) is 12.1 Å². The lowest BCUT2D eigenvalue weighted by molar-refractivity contribution is 0.0601. The van der Waals surface area contributed by atoms with E-state index in [1.807, 2.05) is 6.07 Å². The minimum atomic E-state index is -0.361. The van der Waals surface area contributed by atoms with Crippen molar-refractivity contribution in [1.29, 1.82) is 0 Å². The summed E-state index contributed by atoms with van der Waals surface area (Å²) >= 11 is 0. The van der Waals surface area contributed by atoms with E-state index in [0.717, 1.165) is 25.2 Å². The molecular weight excluding hydrogens is 254 g/mol. The van der Waals surface area contributed by atoms with Gasteiger partial charge < -0.3 is 20.7 Å². The van der Waals surface area contributed by atoms with Gasteiger partial charge in [-0.25, -0.2) is 4.79 Å². The van der Waals surface area contributed by atoms with Crippen LogP contribution in [0.2, 0.25) is 0 Å². The third-order valence-corrected chi connectivity index (χ3v) is 3.90. The standard InChI is InChI=1S/C15H23N3O2/c1-10-9-18(2)7-6-13(10)17-14-5-4-11(16)8-12(14)15(19)20-3/h4-5,8,10,13,17H,6-7,9,16H2,1-3H3. The number of nitrogens with zero attached hydrogens (tertiary/aromatic N) is 1. The zero-order valence-electron chi connectivity index (χ0n) is 12.3. The molecule has 0 aromatic heterocycles. The van der Waals surface area contributed by atoms with Gasteiger partial charge in [0.25, 0.3) is 0 Å². The first-order chi connectivity index (χ1) is 9.51. The lowest BCUT2D eigenvalue weighted by Gasteiger charge is -2.36. The number of likely N-dealkylation sites (tertiary alicyclic amines) is 1. The van der Waals surface area contributed by atoms with Gasteiger partial charge >= 0.3 is 5.97 Å². The molecule has 20 heavy (non-hydrogen) atoms. The number of rotatable bonds is 3. The molecule has 5 nitrogen and oxygen atoms in total. The molecule has 0 amide bonds. The van der Waals surface area contributed by atoms with Gasteiger partial charge in [0.05, 0.1) is 12.7 Å². The van der Waals surface area contributed by atoms with Crippen LogP contribution in [0.25, 0.3) is 0 Å². The molecule has 0 saturated carbocycles. The van der Waals surface area contributed by atoms with Gasteiger partial charge in [0, 0.05) is 24.0 Å². The summed E-state index contributed by atoms with van der Waals surface area (Å²) in [5.41, 5.74) is 7.62. The Morgan fingerprint density at radius 1 is 1.50 bits per heavy atom. The highest BCUT2D eigenvalue weighted by molar-refractivity contribution is 5.96. The van der Waals surface area contributed by atoms with E-state index in [1.165, 1.54) is 7.11 Å². The molecule has 1 saturated heterocycles. The first kappa shape index (κ1) is 14.7. The molecule has 2 unspecified atom stereocenters. The van der Waals surface area contributed by atoms with Crippen molar-refractivity contribution in [1.82, 2.24) is 4.90 Å². The SMILES string of the molecule is COC(=O)c1cc(N)ccc1NC1CCN(C)CC1C. The normalized spacial score (nSPS) is 23.4. The summed E-state index contributed by atoms with van der Waals surface area (Å²) in [6, 6.07) is 5.67. The van der Waals surface area contributed by atoms with Crippen LogP contribution in [0.4, 0.5) is 11.4 Å². The average Bonchev–Trinajstić information content (AvgIpc) is 2.42. The summed E-state index contributed by atoms with van der Waals surface area (Å²) < 4.78 is 4.82. The van der Waals surface area contributed by atoms with Crippen LogP contribution in [0.3, 0.4) is 0 Å². The Balaban J connectivity index is 2.18. The Morgan fingerprint density at radius 2 is 2.25 bits per heavy atom. The molecule has 1 aromatic carbocycles. The van der Waals surface area contributed by atoms with E-state index in [4.69, 9.17) is 10.5 Å². The third kappa shape index (κ3) is 3.22. The number of anilines is 2. The molecular formula is C15H23N3O2. The minimum Gasteiger partial charge on any atom is -0.465 e. The molecule has 2 atom stereocenters. The number of hydrogen-bond acceptors (Lipinski definition) is 5. The largest absolute Gasteiger partial charge is 0.465 e. The van der Waals surface area contributed by atoms with Gasteiger partial charge in [0.15, 0.2) is 0 Å². The quantitative estimate of drug-likeness (QED) is 0.651.